The smallest absolute Gasteiger partial charge is 0.237 e. The molecule has 20 heavy (non-hydrogen) atoms. The Hall–Kier alpha value is -1.75. The number of amides is 1. The van der Waals surface area contributed by atoms with E-state index in [1.165, 1.54) is 0 Å². The number of nitrogens with one attached hydrogen (secondary N) is 1. The number of nitrogens with two attached hydrogens (primary N) is 1. The van der Waals surface area contributed by atoms with E-state index in [4.69, 9.17) is 15.2 Å². The first-order valence-corrected chi connectivity index (χ1v) is 6.53. The van der Waals surface area contributed by atoms with Crippen molar-refractivity contribution in [2.24, 2.45) is 11.1 Å². The van der Waals surface area contributed by atoms with Crippen LogP contribution in [0.3, 0.4) is 0 Å². The van der Waals surface area contributed by atoms with Crippen LogP contribution in [-0.2, 0) is 11.3 Å². The van der Waals surface area contributed by atoms with Crippen LogP contribution < -0.4 is 20.5 Å². The van der Waals surface area contributed by atoms with Gasteiger partial charge in [-0.25, -0.2) is 0 Å². The van der Waals surface area contributed by atoms with Gasteiger partial charge in [0.1, 0.15) is 11.5 Å². The molecule has 1 aromatic carbocycles. The highest BCUT2D eigenvalue weighted by molar-refractivity contribution is 5.82. The summed E-state index contributed by atoms with van der Waals surface area (Å²) < 4.78 is 10.4. The van der Waals surface area contributed by atoms with E-state index < -0.39 is 6.04 Å². The Balaban J connectivity index is 2.76. The topological polar surface area (TPSA) is 73.6 Å². The van der Waals surface area contributed by atoms with E-state index in [0.717, 1.165) is 11.3 Å². The maximum atomic E-state index is 12.0. The largest absolute Gasteiger partial charge is 0.497 e. The van der Waals surface area contributed by atoms with Crippen molar-refractivity contribution in [1.82, 2.24) is 5.32 Å². The molecule has 1 aromatic rings. The molecule has 0 aliphatic rings. The molecule has 5 heteroatoms. The number of hydrogen-bond acceptors (Lipinski definition) is 4. The maximum absolute atomic E-state index is 12.0. The van der Waals surface area contributed by atoms with E-state index in [-0.39, 0.29) is 11.3 Å². The molecule has 0 aromatic heterocycles. The SMILES string of the molecule is COc1ccc(OC)c(CNC(=O)[C@@H](N)C(C)(C)C)c1. The first kappa shape index (κ1) is 16.3. The van der Waals surface area contributed by atoms with Crippen LogP contribution in [0.25, 0.3) is 0 Å². The van der Waals surface area contributed by atoms with Gasteiger partial charge in [-0.1, -0.05) is 20.8 Å². The highest BCUT2D eigenvalue weighted by atomic mass is 16.5. The van der Waals surface area contributed by atoms with Crippen LogP contribution in [0.1, 0.15) is 26.3 Å². The number of hydrogen-bond donors (Lipinski definition) is 2. The Morgan fingerprint density at radius 3 is 2.45 bits per heavy atom. The minimum atomic E-state index is -0.556. The van der Waals surface area contributed by atoms with E-state index in [0.29, 0.717) is 12.3 Å². The minimum Gasteiger partial charge on any atom is -0.497 e. The van der Waals surface area contributed by atoms with E-state index in [2.05, 4.69) is 5.32 Å². The number of carbonyl (C=O) groups excluding carboxylic acids is 1. The second-order valence-electron chi connectivity index (χ2n) is 5.74. The lowest BCUT2D eigenvalue weighted by molar-refractivity contribution is -0.124. The van der Waals surface area contributed by atoms with E-state index in [9.17, 15) is 4.79 Å². The number of carbonyl (C=O) groups is 1. The van der Waals surface area contributed by atoms with Crippen LogP contribution in [0.2, 0.25) is 0 Å². The minimum absolute atomic E-state index is 0.178. The Labute approximate surface area is 120 Å². The van der Waals surface area contributed by atoms with E-state index >= 15 is 0 Å². The van der Waals surface area contributed by atoms with Gasteiger partial charge >= 0.3 is 0 Å². The van der Waals surface area contributed by atoms with Crippen LogP contribution in [0.4, 0.5) is 0 Å². The first-order chi connectivity index (χ1) is 9.29. The molecule has 0 bridgehead atoms. The molecule has 0 saturated heterocycles. The molecule has 1 rings (SSSR count). The lowest BCUT2D eigenvalue weighted by Gasteiger charge is -2.26. The van der Waals surface area contributed by atoms with Gasteiger partial charge in [0.05, 0.1) is 20.3 Å². The fourth-order valence-electron chi connectivity index (χ4n) is 1.71. The van der Waals surface area contributed by atoms with Crippen molar-refractivity contribution in [3.05, 3.63) is 23.8 Å². The number of rotatable bonds is 5. The summed E-state index contributed by atoms with van der Waals surface area (Å²) in [5, 5.41) is 2.83. The van der Waals surface area contributed by atoms with Crippen molar-refractivity contribution in [3.63, 3.8) is 0 Å². The summed E-state index contributed by atoms with van der Waals surface area (Å²) in [5.74, 6) is 1.24. The van der Waals surface area contributed by atoms with Gasteiger partial charge in [-0.3, -0.25) is 4.79 Å². The number of methoxy groups -OCH3 is 2. The standard InChI is InChI=1S/C15H24N2O3/c1-15(2,3)13(16)14(18)17-9-10-8-11(19-4)6-7-12(10)20-5/h6-8,13H,9,16H2,1-5H3,(H,17,18)/t13-/m1/s1. The molecule has 0 saturated carbocycles. The molecular weight excluding hydrogens is 256 g/mol. The Morgan fingerprint density at radius 1 is 1.30 bits per heavy atom. The molecule has 0 aliphatic carbocycles. The second kappa shape index (κ2) is 6.61. The average Bonchev–Trinajstić information content (AvgIpc) is 2.42. The highest BCUT2D eigenvalue weighted by Gasteiger charge is 2.27. The van der Waals surface area contributed by atoms with Crippen LogP contribution in [-0.4, -0.2) is 26.2 Å². The first-order valence-electron chi connectivity index (χ1n) is 6.53. The monoisotopic (exact) mass is 280 g/mol. The molecule has 0 unspecified atom stereocenters. The van der Waals surface area contributed by atoms with Crippen molar-refractivity contribution in [2.45, 2.75) is 33.4 Å². The third kappa shape index (κ3) is 4.13. The Morgan fingerprint density at radius 2 is 1.95 bits per heavy atom. The molecule has 112 valence electrons. The van der Waals surface area contributed by atoms with Crippen molar-refractivity contribution >= 4 is 5.91 Å². The van der Waals surface area contributed by atoms with Gasteiger partial charge in [0.25, 0.3) is 0 Å². The number of benzene rings is 1. The van der Waals surface area contributed by atoms with Gasteiger partial charge < -0.3 is 20.5 Å². The number of ether oxygens (including phenoxy) is 2. The summed E-state index contributed by atoms with van der Waals surface area (Å²) in [5.41, 5.74) is 6.49. The molecule has 0 heterocycles. The Kier molecular flexibility index (Phi) is 5.39. The predicted molar refractivity (Wildman–Crippen MR) is 78.8 cm³/mol. The van der Waals surface area contributed by atoms with Gasteiger partial charge in [-0.05, 0) is 23.6 Å². The van der Waals surface area contributed by atoms with E-state index in [1.807, 2.05) is 39.0 Å². The lowest BCUT2D eigenvalue weighted by Crippen LogP contribution is -2.48. The molecule has 5 nitrogen and oxygen atoms in total. The summed E-state index contributed by atoms with van der Waals surface area (Å²) >= 11 is 0. The molecule has 3 N–H and O–H groups in total. The molecule has 0 aliphatic heterocycles. The fourth-order valence-corrected chi connectivity index (χ4v) is 1.71. The third-order valence-electron chi connectivity index (χ3n) is 3.16. The van der Waals surface area contributed by atoms with Gasteiger partial charge in [-0.2, -0.15) is 0 Å². The summed E-state index contributed by atoms with van der Waals surface area (Å²) in [6.45, 7) is 6.15. The van der Waals surface area contributed by atoms with Crippen molar-refractivity contribution in [1.29, 1.82) is 0 Å². The quantitative estimate of drug-likeness (QED) is 0.861. The zero-order chi connectivity index (χ0) is 15.3. The molecule has 1 amide bonds. The molecule has 0 spiro atoms. The molecule has 1 atom stereocenters. The van der Waals surface area contributed by atoms with Gasteiger partial charge in [0, 0.05) is 12.1 Å². The van der Waals surface area contributed by atoms with Crippen LogP contribution in [0.15, 0.2) is 18.2 Å². The maximum Gasteiger partial charge on any atom is 0.237 e. The van der Waals surface area contributed by atoms with Gasteiger partial charge in [-0.15, -0.1) is 0 Å². The molecular formula is C15H24N2O3. The predicted octanol–water partition coefficient (Wildman–Crippen LogP) is 1.69. The van der Waals surface area contributed by atoms with Crippen LogP contribution in [0, 0.1) is 5.41 Å². The van der Waals surface area contributed by atoms with Crippen molar-refractivity contribution in [2.75, 3.05) is 14.2 Å². The van der Waals surface area contributed by atoms with Gasteiger partial charge in [0.2, 0.25) is 5.91 Å². The fraction of sp³-hybridized carbons (Fsp3) is 0.533. The van der Waals surface area contributed by atoms with E-state index in [1.54, 1.807) is 14.2 Å². The molecule has 0 radical (unpaired) electrons. The summed E-state index contributed by atoms with van der Waals surface area (Å²) in [4.78, 5) is 12.0. The summed E-state index contributed by atoms with van der Waals surface area (Å²) in [7, 11) is 3.19. The van der Waals surface area contributed by atoms with Gasteiger partial charge in [0.15, 0.2) is 0 Å². The lowest BCUT2D eigenvalue weighted by atomic mass is 9.87. The molecule has 0 fully saturated rings. The van der Waals surface area contributed by atoms with Crippen molar-refractivity contribution < 1.29 is 14.3 Å². The zero-order valence-electron chi connectivity index (χ0n) is 12.8. The zero-order valence-corrected chi connectivity index (χ0v) is 12.8. The Bertz CT molecular complexity index is 467. The average molecular weight is 280 g/mol. The van der Waals surface area contributed by atoms with Crippen LogP contribution >= 0.6 is 0 Å². The normalized spacial score (nSPS) is 12.7. The second-order valence-corrected chi connectivity index (χ2v) is 5.74. The summed E-state index contributed by atoms with van der Waals surface area (Å²) in [6.07, 6.45) is 0. The summed E-state index contributed by atoms with van der Waals surface area (Å²) in [6, 6.07) is 4.90. The highest BCUT2D eigenvalue weighted by Crippen LogP contribution is 2.24. The third-order valence-corrected chi connectivity index (χ3v) is 3.16. The van der Waals surface area contributed by atoms with Crippen molar-refractivity contribution in [3.8, 4) is 11.5 Å². The van der Waals surface area contributed by atoms with Crippen LogP contribution in [0.5, 0.6) is 11.5 Å².